The summed E-state index contributed by atoms with van der Waals surface area (Å²) in [6, 6.07) is 13.8. The second-order valence-electron chi connectivity index (χ2n) is 11.2. The van der Waals surface area contributed by atoms with Gasteiger partial charge in [-0.1, -0.05) is 37.3 Å². The van der Waals surface area contributed by atoms with Crippen molar-refractivity contribution in [1.29, 1.82) is 0 Å². The Hall–Kier alpha value is -3.50. The molecule has 0 radical (unpaired) electrons. The molecule has 0 spiro atoms. The maximum Gasteiger partial charge on any atom is 0.281 e. The van der Waals surface area contributed by atoms with Crippen LogP contribution in [0.1, 0.15) is 56.0 Å². The van der Waals surface area contributed by atoms with E-state index < -0.39 is 15.9 Å². The Bertz CT molecular complexity index is 1480. The van der Waals surface area contributed by atoms with E-state index in [-0.39, 0.29) is 34.0 Å². The third-order valence-electron chi connectivity index (χ3n) is 7.67. The highest BCUT2D eigenvalue weighted by Crippen LogP contribution is 2.48. The van der Waals surface area contributed by atoms with Crippen LogP contribution in [0.3, 0.4) is 0 Å². The Morgan fingerprint density at radius 3 is 2.45 bits per heavy atom. The monoisotopic (exact) mass is 535 g/mol. The summed E-state index contributed by atoms with van der Waals surface area (Å²) in [7, 11) is -4.27. The lowest BCUT2D eigenvalue weighted by molar-refractivity contribution is 0.0981. The molecule has 1 aromatic carbocycles. The number of pyridine rings is 2. The van der Waals surface area contributed by atoms with Gasteiger partial charge in [0.15, 0.2) is 5.03 Å². The summed E-state index contributed by atoms with van der Waals surface area (Å²) in [5.74, 6) is 0.0689. The number of nitrogen functional groups attached to an aromatic ring is 1. The number of nitrogens with one attached hydrogen (secondary N) is 1. The molecule has 1 saturated carbocycles. The maximum atomic E-state index is 13.6. The van der Waals surface area contributed by atoms with Crippen LogP contribution in [0.2, 0.25) is 0 Å². The van der Waals surface area contributed by atoms with Crippen molar-refractivity contribution < 1.29 is 18.3 Å². The van der Waals surface area contributed by atoms with Gasteiger partial charge in [0.05, 0.1) is 12.2 Å². The molecule has 4 N–H and O–H groups in total. The summed E-state index contributed by atoms with van der Waals surface area (Å²) >= 11 is 0. The van der Waals surface area contributed by atoms with Gasteiger partial charge in [0.1, 0.15) is 11.6 Å². The molecule has 2 aliphatic rings. The Kier molecular flexibility index (Phi) is 6.43. The molecular formula is C28H33N5O4S. The van der Waals surface area contributed by atoms with E-state index >= 15 is 0 Å². The first-order valence-corrected chi connectivity index (χ1v) is 14.2. The molecule has 1 saturated heterocycles. The summed E-state index contributed by atoms with van der Waals surface area (Å²) < 4.78 is 28.2. The highest BCUT2D eigenvalue weighted by molar-refractivity contribution is 7.90. The van der Waals surface area contributed by atoms with Crippen LogP contribution in [-0.4, -0.2) is 48.1 Å². The number of sulfonamides is 1. The Morgan fingerprint density at radius 1 is 1.16 bits per heavy atom. The van der Waals surface area contributed by atoms with Crippen LogP contribution in [0.25, 0.3) is 11.1 Å². The fraction of sp³-hybridized carbons (Fsp3) is 0.393. The molecule has 1 atom stereocenters. The van der Waals surface area contributed by atoms with Crippen molar-refractivity contribution in [1.82, 2.24) is 14.7 Å². The van der Waals surface area contributed by atoms with E-state index in [0.717, 1.165) is 30.4 Å². The van der Waals surface area contributed by atoms with Gasteiger partial charge in [-0.05, 0) is 68.4 Å². The number of carbonyl (C=O) groups excluding carboxylic acids is 1. The molecule has 0 bridgehead atoms. The topological polar surface area (TPSA) is 139 Å². The van der Waals surface area contributed by atoms with Crippen LogP contribution in [0.15, 0.2) is 59.8 Å². The predicted molar refractivity (Wildman–Crippen MR) is 146 cm³/mol. The van der Waals surface area contributed by atoms with E-state index in [0.29, 0.717) is 23.8 Å². The first kappa shape index (κ1) is 26.1. The number of carbonyl (C=O) groups is 1. The summed E-state index contributed by atoms with van der Waals surface area (Å²) in [5.41, 5.74) is 8.02. The van der Waals surface area contributed by atoms with Crippen molar-refractivity contribution in [3.63, 3.8) is 0 Å². The van der Waals surface area contributed by atoms with Gasteiger partial charge in [-0.2, -0.15) is 8.42 Å². The minimum Gasteiger partial charge on any atom is -0.395 e. The SMILES string of the molecule is CC1CN(c2ncc(-c3ccc(C4(CO)CC4)cc3)cc2C(=O)NS(=O)(=O)c2cccc(N)n2)C(C)(C)C1. The van der Waals surface area contributed by atoms with Gasteiger partial charge in [0.25, 0.3) is 15.9 Å². The van der Waals surface area contributed by atoms with E-state index in [1.165, 1.54) is 18.2 Å². The van der Waals surface area contributed by atoms with Crippen LogP contribution in [0.4, 0.5) is 11.6 Å². The van der Waals surface area contributed by atoms with Gasteiger partial charge >= 0.3 is 0 Å². The number of rotatable bonds is 7. The van der Waals surface area contributed by atoms with E-state index in [2.05, 4.69) is 35.4 Å². The maximum absolute atomic E-state index is 13.6. The summed E-state index contributed by atoms with van der Waals surface area (Å²) in [6.45, 7) is 7.14. The van der Waals surface area contributed by atoms with Crippen molar-refractivity contribution in [2.45, 2.75) is 56.0 Å². The number of aliphatic hydroxyl groups excluding tert-OH is 1. The molecule has 9 nitrogen and oxygen atoms in total. The second-order valence-corrected chi connectivity index (χ2v) is 12.8. The third kappa shape index (κ3) is 4.86. The van der Waals surface area contributed by atoms with E-state index in [9.17, 15) is 18.3 Å². The van der Waals surface area contributed by atoms with E-state index in [4.69, 9.17) is 10.7 Å². The number of amides is 1. The van der Waals surface area contributed by atoms with Crippen molar-refractivity contribution in [3.8, 4) is 11.1 Å². The summed E-state index contributed by atoms with van der Waals surface area (Å²) in [5, 5.41) is 9.43. The highest BCUT2D eigenvalue weighted by atomic mass is 32.2. The number of nitrogens with zero attached hydrogens (tertiary/aromatic N) is 3. The molecule has 3 heterocycles. The van der Waals surface area contributed by atoms with Crippen molar-refractivity contribution in [2.24, 2.45) is 5.92 Å². The molecule has 2 aromatic heterocycles. The molecule has 1 amide bonds. The van der Waals surface area contributed by atoms with Gasteiger partial charge in [-0.3, -0.25) is 4.79 Å². The van der Waals surface area contributed by atoms with E-state index in [1.54, 1.807) is 12.3 Å². The number of nitrogens with two attached hydrogens (primary N) is 1. The molecule has 38 heavy (non-hydrogen) atoms. The lowest BCUT2D eigenvalue weighted by Gasteiger charge is -2.33. The number of aromatic nitrogens is 2. The van der Waals surface area contributed by atoms with Crippen LogP contribution in [0, 0.1) is 5.92 Å². The van der Waals surface area contributed by atoms with Crippen molar-refractivity contribution in [3.05, 3.63) is 65.9 Å². The predicted octanol–water partition coefficient (Wildman–Crippen LogP) is 3.49. The number of hydrogen-bond acceptors (Lipinski definition) is 8. The van der Waals surface area contributed by atoms with Crippen molar-refractivity contribution >= 4 is 27.6 Å². The molecule has 200 valence electrons. The molecule has 1 aliphatic heterocycles. The normalized spacial score (nSPS) is 19.8. The molecule has 2 fully saturated rings. The largest absolute Gasteiger partial charge is 0.395 e. The van der Waals surface area contributed by atoms with Gasteiger partial charge in [0, 0.05) is 29.3 Å². The Morgan fingerprint density at radius 2 is 1.87 bits per heavy atom. The van der Waals surface area contributed by atoms with Gasteiger partial charge in [0.2, 0.25) is 0 Å². The van der Waals surface area contributed by atoms with Gasteiger partial charge < -0.3 is 15.7 Å². The van der Waals surface area contributed by atoms with Crippen molar-refractivity contribution in [2.75, 3.05) is 23.8 Å². The van der Waals surface area contributed by atoms with Gasteiger partial charge in [-0.15, -0.1) is 0 Å². The molecule has 3 aromatic rings. The number of hydrogen-bond donors (Lipinski definition) is 3. The zero-order chi connectivity index (χ0) is 27.3. The average molecular weight is 536 g/mol. The van der Waals surface area contributed by atoms with Crippen LogP contribution >= 0.6 is 0 Å². The fourth-order valence-corrected chi connectivity index (χ4v) is 6.41. The average Bonchev–Trinajstić information content (AvgIpc) is 3.62. The fourth-order valence-electron chi connectivity index (χ4n) is 5.47. The lowest BCUT2D eigenvalue weighted by atomic mass is 9.94. The van der Waals surface area contributed by atoms with Crippen LogP contribution < -0.4 is 15.4 Å². The van der Waals surface area contributed by atoms with E-state index in [1.807, 2.05) is 24.3 Å². The van der Waals surface area contributed by atoms with Crippen LogP contribution in [-0.2, 0) is 15.4 Å². The zero-order valence-electron chi connectivity index (χ0n) is 21.8. The van der Waals surface area contributed by atoms with Gasteiger partial charge in [-0.25, -0.2) is 14.7 Å². The lowest BCUT2D eigenvalue weighted by Crippen LogP contribution is -2.41. The summed E-state index contributed by atoms with van der Waals surface area (Å²) in [6.07, 6.45) is 4.55. The number of anilines is 2. The number of aliphatic hydroxyl groups is 1. The molecular weight excluding hydrogens is 502 g/mol. The third-order valence-corrected chi connectivity index (χ3v) is 8.91. The minimum absolute atomic E-state index is 0.0371. The molecule has 5 rings (SSSR count). The second kappa shape index (κ2) is 9.36. The highest BCUT2D eigenvalue weighted by Gasteiger charge is 2.43. The quantitative estimate of drug-likeness (QED) is 0.418. The standard InChI is InChI=1S/C28H33N5O4S/c1-18-14-27(2,3)33(16-18)25-22(26(35)32-38(36,37)24-6-4-5-23(29)31-24)13-20(15-30-25)19-7-9-21(10-8-19)28(17-34)11-12-28/h4-10,13,15,18,34H,11-12,14,16-17H2,1-3H3,(H2,29,31)(H,32,35). The summed E-state index contributed by atoms with van der Waals surface area (Å²) in [4.78, 5) is 24.2. The minimum atomic E-state index is -4.27. The smallest absolute Gasteiger partial charge is 0.281 e. The zero-order valence-corrected chi connectivity index (χ0v) is 22.6. The molecule has 10 heteroatoms. The first-order chi connectivity index (χ1) is 17.9. The first-order valence-electron chi connectivity index (χ1n) is 12.7. The Balaban J connectivity index is 1.53. The Labute approximate surface area is 223 Å². The van der Waals surface area contributed by atoms with Crippen LogP contribution in [0.5, 0.6) is 0 Å². The number of benzene rings is 1. The molecule has 1 aliphatic carbocycles. The molecule has 1 unspecified atom stereocenters.